The van der Waals surface area contributed by atoms with Gasteiger partial charge < -0.3 is 14.3 Å². The zero-order valence-electron chi connectivity index (χ0n) is 30.3. The smallest absolute Gasteiger partial charge is 0.540 e. The van der Waals surface area contributed by atoms with Crippen molar-refractivity contribution in [1.29, 1.82) is 0 Å². The Morgan fingerprint density at radius 2 is 1.11 bits per heavy atom. The van der Waals surface area contributed by atoms with Gasteiger partial charge >= 0.3 is 22.4 Å². The molecule has 0 fully saturated rings. The number of ether oxygens (including phenoxy) is 1. The van der Waals surface area contributed by atoms with Crippen LogP contribution in [0.3, 0.4) is 0 Å². The topological polar surface area (TPSA) is 39.2 Å². The monoisotopic (exact) mass is 891 g/mol. The molecule has 0 radical (unpaired) electrons. The molecule has 0 saturated carbocycles. The molecule has 7 rings (SSSR count). The van der Waals surface area contributed by atoms with Gasteiger partial charge in [0, 0.05) is 21.7 Å². The molecule has 5 heteroatoms. The number of methoxy groups -OCH3 is 1. The Bertz CT molecular complexity index is 2220. The SMILES string of the molecule is COc1c[c-]c(-c2cc(-c3ccc(P(=O)(c4ccccc4)c4ccccc4)cc3)cc(-c3[c-]cc(C(C)(C)C)cc3)n2)cc1.[Au+3].[CH-]=Cc1ccccc1. The average molecular weight is 892 g/mol. The van der Waals surface area contributed by atoms with Crippen molar-refractivity contribution in [3.05, 3.63) is 194 Å². The summed E-state index contributed by atoms with van der Waals surface area (Å²) in [5, 5.41) is 2.43. The Morgan fingerprint density at radius 3 is 1.53 bits per heavy atom. The second-order valence-electron chi connectivity index (χ2n) is 13.4. The number of benzene rings is 6. The molecule has 266 valence electrons. The molecule has 0 bridgehead atoms. The van der Waals surface area contributed by atoms with Gasteiger partial charge in [0.05, 0.1) is 7.11 Å². The molecule has 0 saturated heterocycles. The Kier molecular flexibility index (Phi) is 13.1. The van der Waals surface area contributed by atoms with Crippen LogP contribution in [0.4, 0.5) is 0 Å². The fraction of sp³-hybridized carbons (Fsp3) is 0.104. The summed E-state index contributed by atoms with van der Waals surface area (Å²) >= 11 is 0. The zero-order chi connectivity index (χ0) is 36.6. The van der Waals surface area contributed by atoms with Crippen molar-refractivity contribution < 1.29 is 31.7 Å². The predicted molar refractivity (Wildman–Crippen MR) is 218 cm³/mol. The molecule has 0 unspecified atom stereocenters. The quantitative estimate of drug-likeness (QED) is 0.0867. The number of nitrogens with zero attached hydrogens (tertiary/aromatic N) is 1. The van der Waals surface area contributed by atoms with E-state index in [0.717, 1.165) is 60.9 Å². The first-order valence-electron chi connectivity index (χ1n) is 17.2. The van der Waals surface area contributed by atoms with Gasteiger partial charge in [0.25, 0.3) is 0 Å². The van der Waals surface area contributed by atoms with Crippen LogP contribution in [0.25, 0.3) is 39.7 Å². The maximum Gasteiger partial charge on any atom is 3.00 e. The van der Waals surface area contributed by atoms with E-state index in [-0.39, 0.29) is 27.8 Å². The van der Waals surface area contributed by atoms with Crippen molar-refractivity contribution in [3.63, 3.8) is 0 Å². The molecule has 0 spiro atoms. The van der Waals surface area contributed by atoms with E-state index in [1.165, 1.54) is 5.56 Å². The van der Waals surface area contributed by atoms with Crippen molar-refractivity contribution in [2.45, 2.75) is 26.2 Å². The third kappa shape index (κ3) is 9.32. The van der Waals surface area contributed by atoms with Gasteiger partial charge in [-0.25, -0.2) is 6.08 Å². The molecule has 53 heavy (non-hydrogen) atoms. The first-order chi connectivity index (χ1) is 25.2. The maximum atomic E-state index is 14.9. The van der Waals surface area contributed by atoms with E-state index < -0.39 is 7.14 Å². The van der Waals surface area contributed by atoms with E-state index in [0.29, 0.717) is 0 Å². The minimum absolute atomic E-state index is 0. The summed E-state index contributed by atoms with van der Waals surface area (Å²) in [6.45, 7) is 11.8. The zero-order valence-corrected chi connectivity index (χ0v) is 33.3. The molecule has 3 nitrogen and oxygen atoms in total. The molecule has 0 N–H and O–H groups in total. The second kappa shape index (κ2) is 17.7. The summed E-state index contributed by atoms with van der Waals surface area (Å²) in [5.41, 5.74) is 7.74. The van der Waals surface area contributed by atoms with Gasteiger partial charge in [-0.05, 0) is 27.9 Å². The van der Waals surface area contributed by atoms with E-state index in [1.807, 2.05) is 121 Å². The molecule has 0 atom stereocenters. The van der Waals surface area contributed by atoms with Gasteiger partial charge in [-0.1, -0.05) is 136 Å². The molecule has 0 aliphatic rings. The largest absolute Gasteiger partial charge is 3.00 e. The van der Waals surface area contributed by atoms with Crippen molar-refractivity contribution in [3.8, 4) is 39.4 Å². The third-order valence-corrected chi connectivity index (χ3v) is 11.9. The predicted octanol–water partition coefficient (Wildman–Crippen LogP) is 10.8. The molecule has 1 heterocycles. The summed E-state index contributed by atoms with van der Waals surface area (Å²) in [6, 6.07) is 60.4. The Balaban J connectivity index is 0.000000534. The van der Waals surface area contributed by atoms with E-state index in [1.54, 1.807) is 13.2 Å². The van der Waals surface area contributed by atoms with Gasteiger partial charge in [-0.3, -0.25) is 6.58 Å². The Morgan fingerprint density at radius 1 is 0.623 bits per heavy atom. The minimum atomic E-state index is -3.06. The first-order valence-corrected chi connectivity index (χ1v) is 18.9. The third-order valence-electron chi connectivity index (χ3n) is 8.87. The van der Waals surface area contributed by atoms with E-state index in [4.69, 9.17) is 16.3 Å². The summed E-state index contributed by atoms with van der Waals surface area (Å²) in [6.07, 6.45) is 1.58. The van der Waals surface area contributed by atoms with Crippen LogP contribution in [-0.2, 0) is 32.4 Å². The number of rotatable bonds is 8. The molecule has 0 aliphatic carbocycles. The van der Waals surface area contributed by atoms with Crippen LogP contribution in [0.2, 0.25) is 0 Å². The fourth-order valence-electron chi connectivity index (χ4n) is 5.87. The van der Waals surface area contributed by atoms with E-state index in [2.05, 4.69) is 75.4 Å². The summed E-state index contributed by atoms with van der Waals surface area (Å²) in [5.74, 6) is 0.744. The van der Waals surface area contributed by atoms with Gasteiger partial charge in [-0.2, -0.15) is 5.56 Å². The van der Waals surface area contributed by atoms with Gasteiger partial charge in [0.2, 0.25) is 0 Å². The maximum absolute atomic E-state index is 14.9. The summed E-state index contributed by atoms with van der Waals surface area (Å²) in [4.78, 5) is 5.04. The van der Waals surface area contributed by atoms with Crippen LogP contribution < -0.4 is 20.7 Å². The molecule has 6 aromatic carbocycles. The minimum Gasteiger partial charge on any atom is -0.540 e. The Hall–Kier alpha value is -5.02. The van der Waals surface area contributed by atoms with Gasteiger partial charge in [0.1, 0.15) is 0 Å². The van der Waals surface area contributed by atoms with Crippen LogP contribution in [0.5, 0.6) is 5.75 Å². The first kappa shape index (κ1) is 39.2. The number of hydrogen-bond acceptors (Lipinski definition) is 3. The molecule has 7 aromatic rings. The van der Waals surface area contributed by atoms with Crippen molar-refractivity contribution in [2.24, 2.45) is 0 Å². The molecule has 0 amide bonds. The van der Waals surface area contributed by atoms with Crippen LogP contribution in [0.15, 0.2) is 164 Å². The fourth-order valence-corrected chi connectivity index (χ4v) is 8.52. The molecule has 0 aliphatic heterocycles. The van der Waals surface area contributed by atoms with Crippen LogP contribution in [-0.4, -0.2) is 12.1 Å². The van der Waals surface area contributed by atoms with Crippen LogP contribution >= 0.6 is 7.14 Å². The number of hydrogen-bond donors (Lipinski definition) is 0. The van der Waals surface area contributed by atoms with Crippen molar-refractivity contribution in [2.75, 3.05) is 7.11 Å². The van der Waals surface area contributed by atoms with Crippen molar-refractivity contribution in [1.82, 2.24) is 4.98 Å². The molecular weight excluding hydrogens is 850 g/mol. The van der Waals surface area contributed by atoms with Crippen molar-refractivity contribution >= 4 is 29.1 Å². The number of pyridine rings is 1. The standard InChI is InChI=1S/C40H34NO2P.C8H7.Au/c1-40(2,3)33-21-15-30(16-22-33)38-27-32(28-39(41-38)31-17-23-34(43-4)24-18-31)29-19-25-37(26-20-29)44(42,35-11-7-5-8-12-35)36-13-9-6-10-14-36;1-2-8-6-4-3-5-7-8;/h5-15,17,19-28H,1-4H3;1-7H;/q-2;-1;+3. The van der Waals surface area contributed by atoms with Gasteiger partial charge in [0.15, 0.2) is 7.14 Å². The van der Waals surface area contributed by atoms with Gasteiger partial charge in [-0.15, -0.1) is 77.4 Å². The van der Waals surface area contributed by atoms with E-state index in [9.17, 15) is 4.57 Å². The molecular formula is C48H41AuNO2P. The number of aromatic nitrogens is 1. The van der Waals surface area contributed by atoms with Crippen LogP contribution in [0, 0.1) is 18.7 Å². The second-order valence-corrected chi connectivity index (χ2v) is 16.2. The normalized spacial score (nSPS) is 11.0. The van der Waals surface area contributed by atoms with E-state index >= 15 is 0 Å². The summed E-state index contributed by atoms with van der Waals surface area (Å²) < 4.78 is 20.2. The molecule has 1 aromatic heterocycles. The average Bonchev–Trinajstić information content (AvgIpc) is 3.21. The Labute approximate surface area is 330 Å². The summed E-state index contributed by atoms with van der Waals surface area (Å²) in [7, 11) is -1.42. The van der Waals surface area contributed by atoms with Crippen LogP contribution in [0.1, 0.15) is 31.9 Å².